The fraction of sp³-hybridized carbons (Fsp3) is 0.0968. The molecule has 0 aromatic heterocycles. The third kappa shape index (κ3) is 6.52. The highest BCUT2D eigenvalue weighted by atomic mass is 35.5. The number of hydrogen-bond donors (Lipinski definition) is 0. The number of carbonyl (C=O) groups excluding carboxylic acids is 1. The van der Waals surface area contributed by atoms with E-state index in [0.29, 0.717) is 33.9 Å². The van der Waals surface area contributed by atoms with Crippen LogP contribution in [0.4, 0.5) is 4.39 Å². The quantitative estimate of drug-likeness (QED) is 0.214. The molecule has 0 bridgehead atoms. The van der Waals surface area contributed by atoms with Crippen LogP contribution in [0.3, 0.4) is 0 Å². The Morgan fingerprint density at radius 1 is 0.868 bits per heavy atom. The second-order valence-corrected chi connectivity index (χ2v) is 10.1. The molecule has 4 aromatic rings. The zero-order valence-electron chi connectivity index (χ0n) is 20.4. The Hall–Kier alpha value is -3.87. The van der Waals surface area contributed by atoms with E-state index in [2.05, 4.69) is 0 Å². The highest BCUT2D eigenvalue weighted by molar-refractivity contribution is 8.18. The van der Waals surface area contributed by atoms with Crippen molar-refractivity contribution >= 4 is 40.5 Å². The Balaban J connectivity index is 1.34. The number of amidine groups is 1. The molecule has 1 amide bonds. The van der Waals surface area contributed by atoms with E-state index >= 15 is 0 Å². The molecule has 1 saturated heterocycles. The minimum absolute atomic E-state index is 0.0987. The molecule has 1 aliphatic rings. The topological polar surface area (TPSA) is 41.9 Å². The molecule has 4 aromatic carbocycles. The van der Waals surface area contributed by atoms with Gasteiger partial charge in [-0.25, -0.2) is 4.39 Å². The number of ether oxygens (including phenoxy) is 1. The van der Waals surface area contributed by atoms with Gasteiger partial charge in [-0.15, -0.1) is 0 Å². The zero-order chi connectivity index (χ0) is 26.3. The normalized spacial score (nSPS) is 15.4. The summed E-state index contributed by atoms with van der Waals surface area (Å²) < 4.78 is 18.9. The van der Waals surface area contributed by atoms with Crippen molar-refractivity contribution < 1.29 is 13.9 Å². The smallest absolute Gasteiger partial charge is 0.267 e. The van der Waals surface area contributed by atoms with Crippen molar-refractivity contribution in [2.75, 3.05) is 0 Å². The molecule has 0 atom stereocenters. The number of carbonyl (C=O) groups is 1. The second-order valence-electron chi connectivity index (χ2n) is 8.68. The standard InChI is InChI=1S/C31H24ClFN2O2S/c32-27-17-25(13-16-28(27)37-21-24-11-14-26(33)15-12-24)18-29-30(36)35(20-23-9-5-2-6-10-23)31(38-29)34-19-22-7-3-1-4-8-22/h1-18H,19-21H2/b29-18+,34-31?. The predicted octanol–water partition coefficient (Wildman–Crippen LogP) is 7.73. The minimum Gasteiger partial charge on any atom is -0.487 e. The molecule has 1 fully saturated rings. The van der Waals surface area contributed by atoms with Gasteiger partial charge in [0.05, 0.1) is 23.0 Å². The first kappa shape index (κ1) is 25.8. The maximum Gasteiger partial charge on any atom is 0.267 e. The molecule has 0 saturated carbocycles. The number of hydrogen-bond acceptors (Lipinski definition) is 4. The molecular formula is C31H24ClFN2O2S. The Labute approximate surface area is 230 Å². The molecule has 7 heteroatoms. The average molecular weight is 543 g/mol. The first-order valence-electron chi connectivity index (χ1n) is 12.1. The second kappa shape index (κ2) is 12.1. The first-order valence-corrected chi connectivity index (χ1v) is 13.2. The van der Waals surface area contributed by atoms with E-state index in [1.807, 2.05) is 72.8 Å². The Kier molecular flexibility index (Phi) is 8.22. The number of benzene rings is 4. The highest BCUT2D eigenvalue weighted by Gasteiger charge is 2.33. The van der Waals surface area contributed by atoms with Gasteiger partial charge < -0.3 is 4.74 Å². The van der Waals surface area contributed by atoms with E-state index < -0.39 is 0 Å². The Bertz CT molecular complexity index is 1480. The van der Waals surface area contributed by atoms with Gasteiger partial charge in [-0.2, -0.15) is 0 Å². The number of rotatable bonds is 8. The SMILES string of the molecule is O=C1/C(=C\c2ccc(OCc3ccc(F)cc3)c(Cl)c2)SC(=NCc2ccccc2)N1Cc1ccccc1. The summed E-state index contributed by atoms with van der Waals surface area (Å²) >= 11 is 7.85. The van der Waals surface area contributed by atoms with Gasteiger partial charge in [0.25, 0.3) is 5.91 Å². The summed E-state index contributed by atoms with van der Waals surface area (Å²) in [6.07, 6.45) is 1.83. The third-order valence-electron chi connectivity index (χ3n) is 5.87. The summed E-state index contributed by atoms with van der Waals surface area (Å²) in [7, 11) is 0. The first-order chi connectivity index (χ1) is 18.5. The van der Waals surface area contributed by atoms with Gasteiger partial charge in [0.15, 0.2) is 5.17 Å². The predicted molar refractivity (Wildman–Crippen MR) is 152 cm³/mol. The van der Waals surface area contributed by atoms with Crippen molar-refractivity contribution in [3.8, 4) is 5.75 Å². The molecule has 5 rings (SSSR count). The fourth-order valence-electron chi connectivity index (χ4n) is 3.89. The van der Waals surface area contributed by atoms with E-state index in [1.54, 1.807) is 29.2 Å². The van der Waals surface area contributed by atoms with Crippen molar-refractivity contribution in [3.63, 3.8) is 0 Å². The maximum absolute atomic E-state index is 13.4. The van der Waals surface area contributed by atoms with Crippen LogP contribution in [-0.2, 0) is 24.5 Å². The average Bonchev–Trinajstić information content (AvgIpc) is 3.22. The van der Waals surface area contributed by atoms with Crippen molar-refractivity contribution in [1.82, 2.24) is 4.90 Å². The molecular weight excluding hydrogens is 519 g/mol. The summed E-state index contributed by atoms with van der Waals surface area (Å²) in [6.45, 7) is 1.19. The lowest BCUT2D eigenvalue weighted by Crippen LogP contribution is -2.28. The van der Waals surface area contributed by atoms with Crippen LogP contribution in [0.15, 0.2) is 113 Å². The molecule has 0 N–H and O–H groups in total. The van der Waals surface area contributed by atoms with Gasteiger partial charge in [-0.1, -0.05) is 90.5 Å². The van der Waals surface area contributed by atoms with Crippen molar-refractivity contribution in [1.29, 1.82) is 0 Å². The molecule has 0 aliphatic carbocycles. The van der Waals surface area contributed by atoms with Crippen LogP contribution >= 0.6 is 23.4 Å². The molecule has 38 heavy (non-hydrogen) atoms. The van der Waals surface area contributed by atoms with E-state index in [4.69, 9.17) is 21.3 Å². The lowest BCUT2D eigenvalue weighted by atomic mass is 10.2. The van der Waals surface area contributed by atoms with Gasteiger partial charge in [-0.05, 0) is 64.4 Å². The molecule has 190 valence electrons. The monoisotopic (exact) mass is 542 g/mol. The molecule has 1 heterocycles. The van der Waals surface area contributed by atoms with Crippen molar-refractivity contribution in [2.24, 2.45) is 4.99 Å². The minimum atomic E-state index is -0.292. The number of thioether (sulfide) groups is 1. The molecule has 0 radical (unpaired) electrons. The van der Waals surface area contributed by atoms with Crippen molar-refractivity contribution in [3.05, 3.63) is 141 Å². The summed E-state index contributed by atoms with van der Waals surface area (Å²) in [5.41, 5.74) is 3.72. The summed E-state index contributed by atoms with van der Waals surface area (Å²) in [4.78, 5) is 20.5. The lowest BCUT2D eigenvalue weighted by Gasteiger charge is -2.15. The van der Waals surface area contributed by atoms with Gasteiger partial charge >= 0.3 is 0 Å². The van der Waals surface area contributed by atoms with Crippen molar-refractivity contribution in [2.45, 2.75) is 19.7 Å². The largest absolute Gasteiger partial charge is 0.487 e. The summed E-state index contributed by atoms with van der Waals surface area (Å²) in [5, 5.41) is 1.09. The molecule has 4 nitrogen and oxygen atoms in total. The Morgan fingerprint density at radius 3 is 2.24 bits per heavy atom. The third-order valence-corrected chi connectivity index (χ3v) is 7.21. The van der Waals surface area contributed by atoms with Crippen LogP contribution in [-0.4, -0.2) is 16.0 Å². The zero-order valence-corrected chi connectivity index (χ0v) is 22.0. The molecule has 1 aliphatic heterocycles. The lowest BCUT2D eigenvalue weighted by molar-refractivity contribution is -0.122. The van der Waals surface area contributed by atoms with E-state index in [1.165, 1.54) is 23.9 Å². The van der Waals surface area contributed by atoms with E-state index in [-0.39, 0.29) is 18.3 Å². The summed E-state index contributed by atoms with van der Waals surface area (Å²) in [6, 6.07) is 31.4. The van der Waals surface area contributed by atoms with Gasteiger partial charge in [0.1, 0.15) is 18.2 Å². The number of aliphatic imine (C=N–C) groups is 1. The van der Waals surface area contributed by atoms with Crippen LogP contribution < -0.4 is 4.74 Å². The van der Waals surface area contributed by atoms with E-state index in [0.717, 1.165) is 22.3 Å². The van der Waals surface area contributed by atoms with Gasteiger partial charge in [0.2, 0.25) is 0 Å². The number of nitrogens with zero attached hydrogens (tertiary/aromatic N) is 2. The van der Waals surface area contributed by atoms with Crippen LogP contribution in [0, 0.1) is 5.82 Å². The van der Waals surface area contributed by atoms with Crippen LogP contribution in [0.5, 0.6) is 5.75 Å². The Morgan fingerprint density at radius 2 is 1.55 bits per heavy atom. The number of amides is 1. The molecule has 0 spiro atoms. The van der Waals surface area contributed by atoms with E-state index in [9.17, 15) is 9.18 Å². The fourth-order valence-corrected chi connectivity index (χ4v) is 5.11. The summed E-state index contributed by atoms with van der Waals surface area (Å²) in [5.74, 6) is 0.122. The van der Waals surface area contributed by atoms with Crippen LogP contribution in [0.1, 0.15) is 22.3 Å². The molecule has 0 unspecified atom stereocenters. The number of halogens is 2. The van der Waals surface area contributed by atoms with Crippen LogP contribution in [0.25, 0.3) is 6.08 Å². The van der Waals surface area contributed by atoms with Gasteiger partial charge in [0, 0.05) is 0 Å². The van der Waals surface area contributed by atoms with Crippen LogP contribution in [0.2, 0.25) is 5.02 Å². The van der Waals surface area contributed by atoms with Gasteiger partial charge in [-0.3, -0.25) is 14.7 Å². The highest BCUT2D eigenvalue weighted by Crippen LogP contribution is 2.35. The maximum atomic E-state index is 13.4.